The van der Waals surface area contributed by atoms with Gasteiger partial charge in [0.1, 0.15) is 18.0 Å². The standard InChI is InChI=1S/C79H118N6O6/c1-68(2)36-40-78(66(86)87)42-38-74(11)56(58(78)46-68)24-26-62-72(9)32-30-64(70(5,6)60(72)28-34-76(62,74)13)89-51-54-48-84(82-80-54)44-20-15-16-21-45-85-49-55(81-83-85)52-90-65-31-33-73(10)61(71(65,7)8)29-35-77(14)63(73)27-25-57-59-47-69(3,4)37-41-79(59,43-39-75(57,77)12)67(88)91-50-53-22-18-17-19-23-53/h17-19,22-25,48-49,58-65H,15-16,20-21,26-47,50-52H2,1-14H3,(H,86,87)/t58?,59?,60?,61?,62?,63?,64-,65-,72-,73-,74+,75+,76+,77+,78-,79-/m0/s1. The van der Waals surface area contributed by atoms with Crippen LogP contribution in [0.2, 0.25) is 0 Å². The van der Waals surface area contributed by atoms with Crippen molar-refractivity contribution in [2.75, 3.05) is 0 Å². The number of rotatable bonds is 17. The molecule has 16 atom stereocenters. The lowest BCUT2D eigenvalue weighted by atomic mass is 9.33. The fourth-order valence-corrected chi connectivity index (χ4v) is 25.0. The summed E-state index contributed by atoms with van der Waals surface area (Å²) in [7, 11) is 0. The lowest BCUT2D eigenvalue weighted by molar-refractivity contribution is -0.215. The molecule has 91 heavy (non-hydrogen) atoms. The van der Waals surface area contributed by atoms with Gasteiger partial charge in [0.2, 0.25) is 0 Å². The zero-order chi connectivity index (χ0) is 64.6. The van der Waals surface area contributed by atoms with Crippen LogP contribution in [0.1, 0.15) is 268 Å². The lowest BCUT2D eigenvalue weighted by Gasteiger charge is -2.71. The monoisotopic (exact) mass is 1250 g/mol. The Morgan fingerprint density at radius 1 is 0.505 bits per heavy atom. The third-order valence-corrected chi connectivity index (χ3v) is 30.8. The molecule has 0 spiro atoms. The fourth-order valence-electron chi connectivity index (χ4n) is 25.0. The maximum absolute atomic E-state index is 14.5. The second kappa shape index (κ2) is 23.0. The largest absolute Gasteiger partial charge is 0.481 e. The number of aryl methyl sites for hydroxylation is 2. The number of hydrogen-bond acceptors (Lipinski definition) is 9. The van der Waals surface area contributed by atoms with Crippen LogP contribution >= 0.6 is 0 Å². The Hall–Kier alpha value is -4.16. The number of carbonyl (C=O) groups is 2. The number of nitrogens with zero attached hydrogens (tertiary/aromatic N) is 6. The summed E-state index contributed by atoms with van der Waals surface area (Å²) in [5.74, 6) is 2.15. The second-order valence-corrected chi connectivity index (χ2v) is 36.8. The van der Waals surface area contributed by atoms with E-state index in [-0.39, 0.29) is 84.2 Å². The molecule has 12 nitrogen and oxygen atoms in total. The van der Waals surface area contributed by atoms with Crippen molar-refractivity contribution >= 4 is 11.9 Å². The normalized spacial score (nSPS) is 41.4. The molecular weight excluding hydrogens is 1130 g/mol. The van der Waals surface area contributed by atoms with E-state index < -0.39 is 16.8 Å². The van der Waals surface area contributed by atoms with Crippen molar-refractivity contribution in [3.05, 3.63) is 83.0 Å². The van der Waals surface area contributed by atoms with Crippen LogP contribution in [0.3, 0.4) is 0 Å². The first kappa shape index (κ1) is 65.5. The Labute approximate surface area is 547 Å². The lowest BCUT2D eigenvalue weighted by Crippen LogP contribution is -2.65. The molecule has 500 valence electrons. The van der Waals surface area contributed by atoms with Crippen LogP contribution in [0.4, 0.5) is 0 Å². The number of carboxylic acid groups (broad SMARTS) is 1. The number of carbonyl (C=O) groups excluding carboxylic acids is 1. The van der Waals surface area contributed by atoms with Crippen molar-refractivity contribution < 1.29 is 28.9 Å². The van der Waals surface area contributed by atoms with Crippen LogP contribution in [0.5, 0.6) is 0 Å². The minimum atomic E-state index is -0.596. The number of unbranched alkanes of at least 4 members (excludes halogenated alkanes) is 3. The molecule has 2 aromatic heterocycles. The molecule has 0 saturated heterocycles. The van der Waals surface area contributed by atoms with Gasteiger partial charge in [-0.25, -0.2) is 0 Å². The number of aliphatic carboxylic acids is 1. The van der Waals surface area contributed by atoms with Crippen LogP contribution in [-0.4, -0.2) is 59.2 Å². The molecule has 0 amide bonds. The summed E-state index contributed by atoms with van der Waals surface area (Å²) >= 11 is 0. The summed E-state index contributed by atoms with van der Waals surface area (Å²) in [4.78, 5) is 27.7. The van der Waals surface area contributed by atoms with E-state index in [1.807, 2.05) is 27.6 Å². The van der Waals surface area contributed by atoms with Crippen LogP contribution in [-0.2, 0) is 56.7 Å². The van der Waals surface area contributed by atoms with E-state index in [0.717, 1.165) is 146 Å². The zero-order valence-electron chi connectivity index (χ0n) is 59.0. The first-order valence-corrected chi connectivity index (χ1v) is 36.8. The summed E-state index contributed by atoms with van der Waals surface area (Å²) in [5.41, 5.74) is 6.19. The van der Waals surface area contributed by atoms with Crippen molar-refractivity contribution in [1.82, 2.24) is 30.0 Å². The molecule has 1 N–H and O–H groups in total. The molecule has 2 heterocycles. The van der Waals surface area contributed by atoms with E-state index in [1.165, 1.54) is 44.1 Å². The van der Waals surface area contributed by atoms with E-state index >= 15 is 0 Å². The molecule has 6 unspecified atom stereocenters. The van der Waals surface area contributed by atoms with Gasteiger partial charge in [-0.05, 0) is 236 Å². The highest BCUT2D eigenvalue weighted by Gasteiger charge is 2.72. The first-order chi connectivity index (χ1) is 42.9. The van der Waals surface area contributed by atoms with E-state index in [1.54, 1.807) is 5.57 Å². The van der Waals surface area contributed by atoms with Gasteiger partial charge in [0.25, 0.3) is 0 Å². The van der Waals surface area contributed by atoms with Crippen molar-refractivity contribution in [3.63, 3.8) is 0 Å². The summed E-state index contributed by atoms with van der Waals surface area (Å²) in [5, 5.41) is 29.2. The third-order valence-electron chi connectivity index (χ3n) is 30.8. The Morgan fingerprint density at radius 2 is 0.945 bits per heavy atom. The number of aromatic nitrogens is 6. The van der Waals surface area contributed by atoms with Crippen molar-refractivity contribution in [2.24, 2.45) is 100 Å². The number of benzene rings is 1. The molecule has 8 fully saturated rings. The Balaban J connectivity index is 0.557. The van der Waals surface area contributed by atoms with Crippen LogP contribution in [0.15, 0.2) is 66.0 Å². The predicted molar refractivity (Wildman–Crippen MR) is 358 cm³/mol. The highest BCUT2D eigenvalue weighted by atomic mass is 16.5. The topological polar surface area (TPSA) is 143 Å². The van der Waals surface area contributed by atoms with Gasteiger partial charge in [-0.3, -0.25) is 19.0 Å². The molecule has 0 aliphatic heterocycles. The molecular formula is C79H118N6O6. The molecule has 0 bridgehead atoms. The third kappa shape index (κ3) is 10.5. The SMILES string of the molecule is CC1(C)CC[C@]2(C(=O)O)CC[C@]3(C)C(=CCC4[C@@]5(C)CC[C@H](OCc6cn(CCCCCCn7cc(CO[C@H]8CC[C@@]9(C)C(CC[C@]%10(C)C9CC=C9C%11CC(C)(C)CC[C@]%11(C(=O)OCc%11ccccc%11)CC[C@]9%10C)C8(C)C)nn7)nn6)C(C)(C)C5CC[C@]43C)C2C1. The van der Waals surface area contributed by atoms with Gasteiger partial charge in [-0.2, -0.15) is 0 Å². The van der Waals surface area contributed by atoms with Crippen molar-refractivity contribution in [2.45, 2.75) is 296 Å². The summed E-state index contributed by atoms with van der Waals surface area (Å²) in [6.45, 7) is 38.4. The Kier molecular flexibility index (Phi) is 16.6. The van der Waals surface area contributed by atoms with Gasteiger partial charge in [0.15, 0.2) is 0 Å². The summed E-state index contributed by atoms with van der Waals surface area (Å²) in [6.07, 6.45) is 35.3. The number of carboxylic acids is 1. The first-order valence-electron chi connectivity index (χ1n) is 36.8. The van der Waals surface area contributed by atoms with E-state index in [2.05, 4.69) is 154 Å². The average molecular weight is 1250 g/mol. The number of allylic oxidation sites excluding steroid dienone is 4. The second-order valence-electron chi connectivity index (χ2n) is 36.8. The molecule has 13 rings (SSSR count). The van der Waals surface area contributed by atoms with Crippen molar-refractivity contribution in [3.8, 4) is 0 Å². The molecule has 10 aliphatic rings. The zero-order valence-corrected chi connectivity index (χ0v) is 59.0. The van der Waals surface area contributed by atoms with Crippen LogP contribution < -0.4 is 0 Å². The molecule has 1 aromatic carbocycles. The maximum Gasteiger partial charge on any atom is 0.313 e. The highest BCUT2D eigenvalue weighted by Crippen LogP contribution is 2.78. The Morgan fingerprint density at radius 3 is 1.42 bits per heavy atom. The molecule has 8 saturated carbocycles. The van der Waals surface area contributed by atoms with Gasteiger partial charge >= 0.3 is 11.9 Å². The van der Waals surface area contributed by atoms with Gasteiger partial charge < -0.3 is 19.3 Å². The number of hydrogen-bond donors (Lipinski definition) is 1. The van der Waals surface area contributed by atoms with Gasteiger partial charge in [-0.15, -0.1) is 10.2 Å². The molecule has 12 heteroatoms. The average Bonchev–Trinajstić information content (AvgIpc) is 1.05. The van der Waals surface area contributed by atoms with E-state index in [4.69, 9.17) is 14.2 Å². The minimum Gasteiger partial charge on any atom is -0.481 e. The molecule has 3 aromatic rings. The Bertz CT molecular complexity index is 3270. The van der Waals surface area contributed by atoms with Gasteiger partial charge in [0, 0.05) is 13.1 Å². The fraction of sp³-hybridized carbons (Fsp3) is 0.797. The van der Waals surface area contributed by atoms with Crippen LogP contribution in [0.25, 0.3) is 0 Å². The quantitative estimate of drug-likeness (QED) is 0.0788. The molecule has 0 radical (unpaired) electrons. The summed E-state index contributed by atoms with van der Waals surface area (Å²) < 4.78 is 24.2. The van der Waals surface area contributed by atoms with Gasteiger partial charge in [0.05, 0.1) is 48.6 Å². The number of ether oxygens (including phenoxy) is 3. The van der Waals surface area contributed by atoms with E-state index in [0.29, 0.717) is 43.5 Å². The molecule has 10 aliphatic carbocycles. The number of fused-ring (bicyclic) bond motifs is 14. The van der Waals surface area contributed by atoms with Crippen molar-refractivity contribution in [1.29, 1.82) is 0 Å². The number of esters is 1. The maximum atomic E-state index is 14.5. The highest BCUT2D eigenvalue weighted by molar-refractivity contribution is 5.79. The summed E-state index contributed by atoms with van der Waals surface area (Å²) in [6, 6.07) is 10.2. The van der Waals surface area contributed by atoms with Crippen LogP contribution in [0, 0.1) is 100 Å². The van der Waals surface area contributed by atoms with E-state index in [9.17, 15) is 14.7 Å². The van der Waals surface area contributed by atoms with Gasteiger partial charge in [-0.1, -0.05) is 174 Å². The smallest absolute Gasteiger partial charge is 0.313 e. The minimum absolute atomic E-state index is 0.0201. The predicted octanol–water partition coefficient (Wildman–Crippen LogP) is 18.3.